The molecule has 0 atom stereocenters. The van der Waals surface area contributed by atoms with E-state index < -0.39 is 0 Å². The molecule has 7 nitrogen and oxygen atoms in total. The number of rotatable bonds is 6. The van der Waals surface area contributed by atoms with E-state index in [-0.39, 0.29) is 29.5 Å². The highest BCUT2D eigenvalue weighted by atomic mass is 127. The number of hydrogen-bond acceptors (Lipinski definition) is 4. The molecule has 0 bridgehead atoms. The lowest BCUT2D eigenvalue weighted by Crippen LogP contribution is -2.58. The van der Waals surface area contributed by atoms with E-state index in [1.54, 1.807) is 0 Å². The molecule has 2 aromatic rings. The van der Waals surface area contributed by atoms with Gasteiger partial charge in [-0.05, 0) is 50.9 Å². The van der Waals surface area contributed by atoms with Crippen molar-refractivity contribution < 1.29 is 4.74 Å². The van der Waals surface area contributed by atoms with Crippen LogP contribution < -0.4 is 5.32 Å². The van der Waals surface area contributed by atoms with Gasteiger partial charge in [0.2, 0.25) is 0 Å². The summed E-state index contributed by atoms with van der Waals surface area (Å²) >= 11 is 0. The van der Waals surface area contributed by atoms with Gasteiger partial charge in [-0.25, -0.2) is 4.68 Å². The number of halogens is 1. The predicted octanol–water partition coefficient (Wildman–Crippen LogP) is 3.14. The highest BCUT2D eigenvalue weighted by Gasteiger charge is 2.39. The maximum Gasteiger partial charge on any atom is 0.193 e. The first-order chi connectivity index (χ1) is 14.7. The molecule has 170 valence electrons. The topological polar surface area (TPSA) is 57.9 Å². The maximum atomic E-state index is 5.68. The first-order valence-corrected chi connectivity index (χ1v) is 11.0. The van der Waals surface area contributed by atoms with Crippen molar-refractivity contribution in [2.24, 2.45) is 4.99 Å². The van der Waals surface area contributed by atoms with Crippen molar-refractivity contribution in [2.45, 2.75) is 37.8 Å². The molecular formula is C23H35IN6O. The lowest BCUT2D eigenvalue weighted by atomic mass is 9.88. The molecule has 0 saturated carbocycles. The second kappa shape index (κ2) is 11.3. The Hall–Kier alpha value is -1.65. The van der Waals surface area contributed by atoms with Gasteiger partial charge in [0.1, 0.15) is 0 Å². The standard InChI is InChI=1S/C23H34N6O.HI/c1-24-22(25-19-23(10-14-30-15-11-23)28-12-6-7-13-28)27(2)17-20-16-26-29(18-20)21-8-4-3-5-9-21;/h3-5,8-9,16,18H,6-7,10-15,17,19H2,1-2H3,(H,24,25);1H. The third-order valence-corrected chi connectivity index (χ3v) is 6.43. The van der Waals surface area contributed by atoms with E-state index in [1.165, 1.54) is 25.9 Å². The van der Waals surface area contributed by atoms with Crippen LogP contribution in [0.25, 0.3) is 5.69 Å². The molecule has 2 saturated heterocycles. The number of aromatic nitrogens is 2. The fraction of sp³-hybridized carbons (Fsp3) is 0.565. The molecule has 3 heterocycles. The van der Waals surface area contributed by atoms with Crippen LogP contribution in [0.1, 0.15) is 31.2 Å². The normalized spacial score (nSPS) is 19.1. The Bertz CT molecular complexity index is 828. The van der Waals surface area contributed by atoms with E-state index in [1.807, 2.05) is 36.1 Å². The van der Waals surface area contributed by atoms with Crippen LogP contribution in [0.2, 0.25) is 0 Å². The molecule has 1 aromatic carbocycles. The molecule has 2 fully saturated rings. The van der Waals surface area contributed by atoms with Crippen molar-refractivity contribution in [3.05, 3.63) is 48.3 Å². The Kier molecular flexibility index (Phi) is 8.74. The number of likely N-dealkylation sites (tertiary alicyclic amines) is 1. The van der Waals surface area contributed by atoms with Gasteiger partial charge in [0.15, 0.2) is 5.96 Å². The van der Waals surface area contributed by atoms with Crippen molar-refractivity contribution >= 4 is 29.9 Å². The van der Waals surface area contributed by atoms with Crippen molar-refractivity contribution in [2.75, 3.05) is 46.9 Å². The molecule has 2 aliphatic rings. The molecule has 4 rings (SSSR count). The zero-order chi connectivity index (χ0) is 20.8. The number of nitrogens with zero attached hydrogens (tertiary/aromatic N) is 5. The highest BCUT2D eigenvalue weighted by molar-refractivity contribution is 14.0. The third-order valence-electron chi connectivity index (χ3n) is 6.43. The second-order valence-electron chi connectivity index (χ2n) is 8.42. The van der Waals surface area contributed by atoms with Crippen LogP contribution in [0.5, 0.6) is 0 Å². The van der Waals surface area contributed by atoms with Gasteiger partial charge in [-0.2, -0.15) is 5.10 Å². The average molecular weight is 538 g/mol. The fourth-order valence-electron chi connectivity index (χ4n) is 4.69. The fourth-order valence-corrected chi connectivity index (χ4v) is 4.69. The number of guanidine groups is 1. The van der Waals surface area contributed by atoms with E-state index in [0.29, 0.717) is 0 Å². The highest BCUT2D eigenvalue weighted by Crippen LogP contribution is 2.30. The molecule has 0 spiro atoms. The zero-order valence-electron chi connectivity index (χ0n) is 18.7. The Labute approximate surface area is 202 Å². The Balaban J connectivity index is 0.00000272. The van der Waals surface area contributed by atoms with Crippen LogP contribution in [0.15, 0.2) is 47.7 Å². The van der Waals surface area contributed by atoms with Crippen LogP contribution in [-0.2, 0) is 11.3 Å². The Morgan fingerprint density at radius 2 is 1.90 bits per heavy atom. The van der Waals surface area contributed by atoms with Gasteiger partial charge in [0, 0.05) is 57.7 Å². The second-order valence-corrected chi connectivity index (χ2v) is 8.42. The first-order valence-electron chi connectivity index (χ1n) is 11.0. The molecule has 2 aliphatic heterocycles. The number of para-hydroxylation sites is 1. The summed E-state index contributed by atoms with van der Waals surface area (Å²) in [5.74, 6) is 0.924. The third kappa shape index (κ3) is 5.78. The quantitative estimate of drug-likeness (QED) is 0.348. The molecule has 8 heteroatoms. The molecule has 1 aromatic heterocycles. The van der Waals surface area contributed by atoms with Crippen LogP contribution in [0.3, 0.4) is 0 Å². The van der Waals surface area contributed by atoms with Gasteiger partial charge in [-0.1, -0.05) is 18.2 Å². The predicted molar refractivity (Wildman–Crippen MR) is 135 cm³/mol. The van der Waals surface area contributed by atoms with E-state index >= 15 is 0 Å². The molecule has 0 amide bonds. The van der Waals surface area contributed by atoms with Crippen molar-refractivity contribution in [3.8, 4) is 5.69 Å². The lowest BCUT2D eigenvalue weighted by molar-refractivity contribution is -0.0166. The van der Waals surface area contributed by atoms with Gasteiger partial charge in [-0.3, -0.25) is 9.89 Å². The molecule has 0 unspecified atom stereocenters. The molecular weight excluding hydrogens is 503 g/mol. The summed E-state index contributed by atoms with van der Waals surface area (Å²) < 4.78 is 7.60. The van der Waals surface area contributed by atoms with Crippen LogP contribution in [0.4, 0.5) is 0 Å². The molecule has 0 radical (unpaired) electrons. The Morgan fingerprint density at radius 1 is 1.19 bits per heavy atom. The average Bonchev–Trinajstić information content (AvgIpc) is 3.48. The van der Waals surface area contributed by atoms with Crippen LogP contribution in [0, 0.1) is 0 Å². The number of benzene rings is 1. The largest absolute Gasteiger partial charge is 0.381 e. The van der Waals surface area contributed by atoms with Gasteiger partial charge >= 0.3 is 0 Å². The van der Waals surface area contributed by atoms with Gasteiger partial charge in [-0.15, -0.1) is 24.0 Å². The van der Waals surface area contributed by atoms with E-state index in [2.05, 4.69) is 50.6 Å². The minimum Gasteiger partial charge on any atom is -0.381 e. The monoisotopic (exact) mass is 538 g/mol. The number of nitrogens with one attached hydrogen (secondary N) is 1. The summed E-state index contributed by atoms with van der Waals surface area (Å²) in [6.45, 7) is 5.78. The van der Waals surface area contributed by atoms with Crippen molar-refractivity contribution in [1.82, 2.24) is 24.9 Å². The number of hydrogen-bond donors (Lipinski definition) is 1. The van der Waals surface area contributed by atoms with E-state index in [0.717, 1.165) is 56.4 Å². The van der Waals surface area contributed by atoms with Gasteiger partial charge in [0.25, 0.3) is 0 Å². The minimum atomic E-state index is 0. The number of ether oxygens (including phenoxy) is 1. The van der Waals surface area contributed by atoms with Crippen molar-refractivity contribution in [3.63, 3.8) is 0 Å². The summed E-state index contributed by atoms with van der Waals surface area (Å²) in [6.07, 6.45) is 8.81. The smallest absolute Gasteiger partial charge is 0.193 e. The Morgan fingerprint density at radius 3 is 2.58 bits per heavy atom. The summed E-state index contributed by atoms with van der Waals surface area (Å²) in [5.41, 5.74) is 2.41. The summed E-state index contributed by atoms with van der Waals surface area (Å²) in [7, 11) is 3.94. The number of aliphatic imine (C=N–C) groups is 1. The summed E-state index contributed by atoms with van der Waals surface area (Å²) in [6, 6.07) is 10.2. The summed E-state index contributed by atoms with van der Waals surface area (Å²) in [4.78, 5) is 9.40. The molecule has 31 heavy (non-hydrogen) atoms. The SMILES string of the molecule is CN=C(NCC1(N2CCCC2)CCOCC1)N(C)Cc1cnn(-c2ccccc2)c1.I. The van der Waals surface area contributed by atoms with Crippen LogP contribution in [-0.4, -0.2) is 78.0 Å². The first kappa shape index (κ1) is 24.0. The maximum absolute atomic E-state index is 5.68. The molecule has 1 N–H and O–H groups in total. The summed E-state index contributed by atoms with van der Waals surface area (Å²) in [5, 5.41) is 8.18. The van der Waals surface area contributed by atoms with E-state index in [9.17, 15) is 0 Å². The van der Waals surface area contributed by atoms with Crippen LogP contribution >= 0.6 is 24.0 Å². The molecule has 0 aliphatic carbocycles. The lowest BCUT2D eigenvalue weighted by Gasteiger charge is -2.45. The minimum absolute atomic E-state index is 0. The van der Waals surface area contributed by atoms with Gasteiger partial charge in [0.05, 0.1) is 11.9 Å². The zero-order valence-corrected chi connectivity index (χ0v) is 21.0. The van der Waals surface area contributed by atoms with E-state index in [4.69, 9.17) is 4.74 Å². The van der Waals surface area contributed by atoms with Crippen molar-refractivity contribution in [1.29, 1.82) is 0 Å². The van der Waals surface area contributed by atoms with Gasteiger partial charge < -0.3 is 15.0 Å².